The number of carbonyl (C=O) groups is 2. The maximum Gasteiger partial charge on any atom is 0.255 e. The van der Waals surface area contributed by atoms with E-state index in [-0.39, 0.29) is 11.8 Å². The zero-order valence-corrected chi connectivity index (χ0v) is 13.6. The van der Waals surface area contributed by atoms with Crippen LogP contribution < -0.4 is 10.2 Å². The Labute approximate surface area is 138 Å². The molecule has 1 N–H and O–H groups in total. The summed E-state index contributed by atoms with van der Waals surface area (Å²) in [6, 6.07) is 11.7. The van der Waals surface area contributed by atoms with Gasteiger partial charge in [-0.15, -0.1) is 0 Å². The minimum atomic E-state index is -0.331. The third-order valence-electron chi connectivity index (χ3n) is 3.17. The van der Waals surface area contributed by atoms with Crippen LogP contribution in [-0.4, -0.2) is 18.9 Å². The molecule has 0 unspecified atom stereocenters. The summed E-state index contributed by atoms with van der Waals surface area (Å²) in [4.78, 5) is 25.3. The first-order valence-electron chi connectivity index (χ1n) is 6.50. The number of carbonyl (C=O) groups excluding carboxylic acids is 2. The van der Waals surface area contributed by atoms with Gasteiger partial charge in [0, 0.05) is 19.5 Å². The van der Waals surface area contributed by atoms with Crippen LogP contribution in [-0.2, 0) is 4.79 Å². The molecule has 0 aliphatic rings. The van der Waals surface area contributed by atoms with Crippen molar-refractivity contribution in [2.75, 3.05) is 17.3 Å². The van der Waals surface area contributed by atoms with Gasteiger partial charge in [0.2, 0.25) is 5.91 Å². The van der Waals surface area contributed by atoms with Crippen molar-refractivity contribution in [1.29, 1.82) is 0 Å². The zero-order valence-electron chi connectivity index (χ0n) is 12.1. The van der Waals surface area contributed by atoms with Crippen LogP contribution in [0.15, 0.2) is 42.5 Å². The Kier molecular flexibility index (Phi) is 5.06. The summed E-state index contributed by atoms with van der Waals surface area (Å²) in [6.07, 6.45) is 0. The molecule has 2 aromatic carbocycles. The molecule has 22 heavy (non-hydrogen) atoms. The molecular weight excluding hydrogens is 323 g/mol. The lowest BCUT2D eigenvalue weighted by Crippen LogP contribution is -2.24. The van der Waals surface area contributed by atoms with Crippen LogP contribution in [0.4, 0.5) is 11.4 Å². The average Bonchev–Trinajstić information content (AvgIpc) is 2.49. The van der Waals surface area contributed by atoms with Gasteiger partial charge in [-0.3, -0.25) is 9.59 Å². The fourth-order valence-electron chi connectivity index (χ4n) is 1.87. The number of hydrogen-bond acceptors (Lipinski definition) is 2. The number of amides is 2. The predicted octanol–water partition coefficient (Wildman–Crippen LogP) is 4.23. The topological polar surface area (TPSA) is 49.4 Å². The van der Waals surface area contributed by atoms with Gasteiger partial charge in [-0.05, 0) is 30.3 Å². The van der Waals surface area contributed by atoms with Crippen molar-refractivity contribution in [3.8, 4) is 0 Å². The van der Waals surface area contributed by atoms with Gasteiger partial charge in [0.15, 0.2) is 0 Å². The second-order valence-electron chi connectivity index (χ2n) is 4.68. The first kappa shape index (κ1) is 16.3. The SMILES string of the molecule is CC(=O)N(C)c1ccccc1NC(=O)c1ccc(Cl)c(Cl)c1. The summed E-state index contributed by atoms with van der Waals surface area (Å²) in [7, 11) is 1.65. The van der Waals surface area contributed by atoms with Gasteiger partial charge in [0.05, 0.1) is 21.4 Å². The highest BCUT2D eigenvalue weighted by Crippen LogP contribution is 2.27. The molecule has 0 radical (unpaired) electrons. The predicted molar refractivity (Wildman–Crippen MR) is 89.9 cm³/mol. The molecule has 0 bridgehead atoms. The molecule has 0 saturated heterocycles. The van der Waals surface area contributed by atoms with Gasteiger partial charge in [0.1, 0.15) is 0 Å². The van der Waals surface area contributed by atoms with Crippen molar-refractivity contribution in [1.82, 2.24) is 0 Å². The normalized spacial score (nSPS) is 10.2. The lowest BCUT2D eigenvalue weighted by molar-refractivity contribution is -0.116. The molecule has 0 spiro atoms. The monoisotopic (exact) mass is 336 g/mol. The molecule has 0 aliphatic carbocycles. The molecular formula is C16H14Cl2N2O2. The van der Waals surface area contributed by atoms with Crippen LogP contribution in [0.1, 0.15) is 17.3 Å². The van der Waals surface area contributed by atoms with E-state index in [9.17, 15) is 9.59 Å². The molecule has 0 heterocycles. The molecule has 2 rings (SSSR count). The molecule has 0 atom stereocenters. The molecule has 0 saturated carbocycles. The largest absolute Gasteiger partial charge is 0.320 e. The lowest BCUT2D eigenvalue weighted by Gasteiger charge is -2.19. The summed E-state index contributed by atoms with van der Waals surface area (Å²) in [5.41, 5.74) is 1.54. The highest BCUT2D eigenvalue weighted by molar-refractivity contribution is 6.42. The fourth-order valence-corrected chi connectivity index (χ4v) is 2.17. The first-order chi connectivity index (χ1) is 10.4. The smallest absolute Gasteiger partial charge is 0.255 e. The number of rotatable bonds is 3. The maximum atomic E-state index is 12.3. The van der Waals surface area contributed by atoms with Gasteiger partial charge in [-0.25, -0.2) is 0 Å². The first-order valence-corrected chi connectivity index (χ1v) is 7.25. The second kappa shape index (κ2) is 6.81. The van der Waals surface area contributed by atoms with Crippen molar-refractivity contribution in [2.45, 2.75) is 6.92 Å². The summed E-state index contributed by atoms with van der Waals surface area (Å²) in [5, 5.41) is 3.47. The van der Waals surface area contributed by atoms with E-state index in [0.29, 0.717) is 27.0 Å². The van der Waals surface area contributed by atoms with E-state index in [1.807, 2.05) is 0 Å². The Hall–Kier alpha value is -2.04. The van der Waals surface area contributed by atoms with Crippen LogP contribution >= 0.6 is 23.2 Å². The summed E-state index contributed by atoms with van der Waals surface area (Å²) in [5.74, 6) is -0.459. The van der Waals surface area contributed by atoms with Crippen LogP contribution in [0.5, 0.6) is 0 Å². The number of nitrogens with zero attached hydrogens (tertiary/aromatic N) is 1. The van der Waals surface area contributed by atoms with E-state index in [0.717, 1.165) is 0 Å². The van der Waals surface area contributed by atoms with Crippen molar-refractivity contribution in [3.63, 3.8) is 0 Å². The van der Waals surface area contributed by atoms with Crippen LogP contribution in [0.3, 0.4) is 0 Å². The van der Waals surface area contributed by atoms with Crippen LogP contribution in [0, 0.1) is 0 Å². The molecule has 0 aromatic heterocycles. The quantitative estimate of drug-likeness (QED) is 0.911. The Morgan fingerprint density at radius 3 is 2.36 bits per heavy atom. The van der Waals surface area contributed by atoms with Gasteiger partial charge >= 0.3 is 0 Å². The van der Waals surface area contributed by atoms with E-state index in [4.69, 9.17) is 23.2 Å². The minimum absolute atomic E-state index is 0.128. The van der Waals surface area contributed by atoms with E-state index >= 15 is 0 Å². The second-order valence-corrected chi connectivity index (χ2v) is 5.49. The average molecular weight is 337 g/mol. The van der Waals surface area contributed by atoms with E-state index in [1.165, 1.54) is 17.9 Å². The van der Waals surface area contributed by atoms with E-state index in [1.54, 1.807) is 43.4 Å². The number of nitrogens with one attached hydrogen (secondary N) is 1. The van der Waals surface area contributed by atoms with Crippen LogP contribution in [0.25, 0.3) is 0 Å². The highest BCUT2D eigenvalue weighted by atomic mass is 35.5. The Morgan fingerprint density at radius 1 is 1.05 bits per heavy atom. The van der Waals surface area contributed by atoms with Gasteiger partial charge in [0.25, 0.3) is 5.91 Å². The third kappa shape index (κ3) is 3.59. The molecule has 114 valence electrons. The maximum absolute atomic E-state index is 12.3. The Morgan fingerprint density at radius 2 is 1.73 bits per heavy atom. The van der Waals surface area contributed by atoms with Gasteiger partial charge in [-0.2, -0.15) is 0 Å². The van der Waals surface area contributed by atoms with Gasteiger partial charge in [-0.1, -0.05) is 35.3 Å². The standard InChI is InChI=1S/C16H14Cl2N2O2/c1-10(21)20(2)15-6-4-3-5-14(15)19-16(22)11-7-8-12(17)13(18)9-11/h3-9H,1-2H3,(H,19,22). The lowest BCUT2D eigenvalue weighted by atomic mass is 10.2. The Balaban J connectivity index is 2.29. The number of anilines is 2. The molecule has 2 amide bonds. The summed E-state index contributed by atoms with van der Waals surface area (Å²) < 4.78 is 0. The third-order valence-corrected chi connectivity index (χ3v) is 3.91. The minimum Gasteiger partial charge on any atom is -0.320 e. The number of halogens is 2. The van der Waals surface area contributed by atoms with Crippen molar-refractivity contribution < 1.29 is 9.59 Å². The van der Waals surface area contributed by atoms with Crippen molar-refractivity contribution in [2.24, 2.45) is 0 Å². The zero-order chi connectivity index (χ0) is 16.3. The van der Waals surface area contributed by atoms with Crippen LogP contribution in [0.2, 0.25) is 10.0 Å². The fraction of sp³-hybridized carbons (Fsp3) is 0.125. The number of benzene rings is 2. The molecule has 4 nitrogen and oxygen atoms in total. The molecule has 0 aliphatic heterocycles. The van der Waals surface area contributed by atoms with E-state index < -0.39 is 0 Å². The number of hydrogen-bond donors (Lipinski definition) is 1. The summed E-state index contributed by atoms with van der Waals surface area (Å²) in [6.45, 7) is 1.46. The molecule has 2 aromatic rings. The Bertz CT molecular complexity index is 732. The molecule has 0 fully saturated rings. The number of para-hydroxylation sites is 2. The summed E-state index contributed by atoms with van der Waals surface area (Å²) >= 11 is 11.8. The van der Waals surface area contributed by atoms with Gasteiger partial charge < -0.3 is 10.2 Å². The highest BCUT2D eigenvalue weighted by Gasteiger charge is 2.14. The van der Waals surface area contributed by atoms with Crippen molar-refractivity contribution in [3.05, 3.63) is 58.1 Å². The molecule has 6 heteroatoms. The van der Waals surface area contributed by atoms with Crippen molar-refractivity contribution >= 4 is 46.4 Å². The van der Waals surface area contributed by atoms with E-state index in [2.05, 4.69) is 5.32 Å².